The minimum atomic E-state index is -0.0702. The van der Waals surface area contributed by atoms with Crippen LogP contribution in [0.5, 0.6) is 0 Å². The maximum Gasteiger partial charge on any atom is 0.222 e. The average molecular weight is 330 g/mol. The highest BCUT2D eigenvalue weighted by Crippen LogP contribution is 2.38. The quantitative estimate of drug-likeness (QED) is 0.832. The summed E-state index contributed by atoms with van der Waals surface area (Å²) in [6.45, 7) is 2.95. The predicted octanol–water partition coefficient (Wildman–Crippen LogP) is 2.55. The van der Waals surface area contributed by atoms with Gasteiger partial charge in [0.05, 0.1) is 24.9 Å². The second-order valence-corrected chi connectivity index (χ2v) is 7.51. The molecule has 0 unspecified atom stereocenters. The van der Waals surface area contributed by atoms with E-state index in [0.29, 0.717) is 25.0 Å². The lowest BCUT2D eigenvalue weighted by Gasteiger charge is -2.38. The summed E-state index contributed by atoms with van der Waals surface area (Å²) in [4.78, 5) is 18.3. The van der Waals surface area contributed by atoms with E-state index in [4.69, 9.17) is 9.47 Å². The Kier molecular flexibility index (Phi) is 4.55. The second-order valence-electron chi connectivity index (χ2n) is 7.51. The van der Waals surface area contributed by atoms with Gasteiger partial charge in [-0.15, -0.1) is 0 Å². The fraction of sp³-hybridized carbons (Fsp3) is 0.684. The van der Waals surface area contributed by atoms with E-state index in [1.54, 1.807) is 12.4 Å². The molecule has 3 aliphatic rings. The van der Waals surface area contributed by atoms with Gasteiger partial charge in [0.2, 0.25) is 5.91 Å². The van der Waals surface area contributed by atoms with Crippen LogP contribution in [-0.4, -0.2) is 47.2 Å². The van der Waals surface area contributed by atoms with Crippen molar-refractivity contribution in [2.75, 3.05) is 19.7 Å². The third kappa shape index (κ3) is 3.78. The molecule has 0 radical (unpaired) electrons. The minimum absolute atomic E-state index is 0.0702. The molecule has 3 heterocycles. The molecular formula is C19H26N2O3. The molecule has 5 heteroatoms. The largest absolute Gasteiger partial charge is 0.372 e. The number of hydrogen-bond acceptors (Lipinski definition) is 4. The maximum absolute atomic E-state index is 12.2. The lowest BCUT2D eigenvalue weighted by atomic mass is 9.88. The van der Waals surface area contributed by atoms with Crippen molar-refractivity contribution < 1.29 is 14.3 Å². The molecule has 1 aromatic rings. The van der Waals surface area contributed by atoms with Crippen LogP contribution in [0.15, 0.2) is 24.5 Å². The van der Waals surface area contributed by atoms with Crippen LogP contribution < -0.4 is 0 Å². The third-order valence-electron chi connectivity index (χ3n) is 5.60. The van der Waals surface area contributed by atoms with Gasteiger partial charge in [-0.1, -0.05) is 0 Å². The summed E-state index contributed by atoms with van der Waals surface area (Å²) in [6, 6.07) is 3.96. The highest BCUT2D eigenvalue weighted by molar-refractivity contribution is 5.76. The fourth-order valence-corrected chi connectivity index (χ4v) is 3.81. The van der Waals surface area contributed by atoms with Gasteiger partial charge in [0.1, 0.15) is 0 Å². The number of ether oxygens (including phenoxy) is 2. The second kappa shape index (κ2) is 6.81. The number of rotatable bonds is 5. The third-order valence-corrected chi connectivity index (χ3v) is 5.60. The highest BCUT2D eigenvalue weighted by Gasteiger charge is 2.44. The molecule has 0 aromatic carbocycles. The topological polar surface area (TPSA) is 51.7 Å². The zero-order valence-corrected chi connectivity index (χ0v) is 14.2. The standard InChI is InChI=1S/C19H26N2O3/c22-18(11-15-1-2-15)21-9-5-19(6-10-21)12-17(14-24-19)23-13-16-3-7-20-8-4-16/h3-4,7-8,15,17H,1-2,5-6,9-14H2/t17-/m1/s1. The summed E-state index contributed by atoms with van der Waals surface area (Å²) in [5.74, 6) is 1.01. The molecule has 1 atom stereocenters. The van der Waals surface area contributed by atoms with Crippen LogP contribution in [-0.2, 0) is 20.9 Å². The number of amides is 1. The van der Waals surface area contributed by atoms with E-state index in [2.05, 4.69) is 4.98 Å². The van der Waals surface area contributed by atoms with Gasteiger partial charge in [-0.3, -0.25) is 9.78 Å². The Bertz CT molecular complexity index is 565. The van der Waals surface area contributed by atoms with Crippen LogP contribution in [0.2, 0.25) is 0 Å². The molecule has 2 saturated heterocycles. The minimum Gasteiger partial charge on any atom is -0.372 e. The number of aromatic nitrogens is 1. The Balaban J connectivity index is 1.23. The monoisotopic (exact) mass is 330 g/mol. The molecule has 4 rings (SSSR count). The molecule has 5 nitrogen and oxygen atoms in total. The molecule has 1 aromatic heterocycles. The molecule has 2 aliphatic heterocycles. The van der Waals surface area contributed by atoms with Crippen molar-refractivity contribution in [1.82, 2.24) is 9.88 Å². The van der Waals surface area contributed by atoms with Gasteiger partial charge in [-0.25, -0.2) is 0 Å². The zero-order chi connectivity index (χ0) is 16.4. The fourth-order valence-electron chi connectivity index (χ4n) is 3.81. The van der Waals surface area contributed by atoms with Crippen molar-refractivity contribution in [2.24, 2.45) is 5.92 Å². The smallest absolute Gasteiger partial charge is 0.222 e. The molecule has 3 fully saturated rings. The van der Waals surface area contributed by atoms with Crippen molar-refractivity contribution in [1.29, 1.82) is 0 Å². The Hall–Kier alpha value is -1.46. The number of carbonyl (C=O) groups is 1. The molecule has 1 spiro atoms. The molecule has 130 valence electrons. The average Bonchev–Trinajstić information content (AvgIpc) is 3.35. The van der Waals surface area contributed by atoms with Crippen LogP contribution in [0.4, 0.5) is 0 Å². The lowest BCUT2D eigenvalue weighted by Crippen LogP contribution is -2.46. The first-order valence-corrected chi connectivity index (χ1v) is 9.15. The number of piperidine rings is 1. The van der Waals surface area contributed by atoms with Crippen molar-refractivity contribution in [3.05, 3.63) is 30.1 Å². The van der Waals surface area contributed by atoms with E-state index >= 15 is 0 Å². The summed E-state index contributed by atoms with van der Waals surface area (Å²) in [6.07, 6.45) is 9.81. The maximum atomic E-state index is 12.2. The van der Waals surface area contributed by atoms with Crippen LogP contribution in [0.25, 0.3) is 0 Å². The molecule has 1 saturated carbocycles. The Morgan fingerprint density at radius 1 is 1.29 bits per heavy atom. The normalized spacial score (nSPS) is 26.0. The molecule has 0 bridgehead atoms. The molecule has 1 aliphatic carbocycles. The van der Waals surface area contributed by atoms with Gasteiger partial charge in [-0.05, 0) is 49.3 Å². The highest BCUT2D eigenvalue weighted by atomic mass is 16.6. The van der Waals surface area contributed by atoms with Gasteiger partial charge >= 0.3 is 0 Å². The first kappa shape index (κ1) is 16.0. The number of hydrogen-bond donors (Lipinski definition) is 0. The molecule has 0 N–H and O–H groups in total. The van der Waals surface area contributed by atoms with E-state index < -0.39 is 0 Å². The Labute approximate surface area is 143 Å². The molecule has 1 amide bonds. The van der Waals surface area contributed by atoms with Crippen LogP contribution in [0, 0.1) is 5.92 Å². The van der Waals surface area contributed by atoms with Crippen molar-refractivity contribution in [3.8, 4) is 0 Å². The number of pyridine rings is 1. The van der Waals surface area contributed by atoms with Crippen LogP contribution in [0.3, 0.4) is 0 Å². The number of carbonyl (C=O) groups excluding carboxylic acids is 1. The zero-order valence-electron chi connectivity index (χ0n) is 14.2. The summed E-state index contributed by atoms with van der Waals surface area (Å²) in [5, 5.41) is 0. The predicted molar refractivity (Wildman–Crippen MR) is 89.3 cm³/mol. The summed E-state index contributed by atoms with van der Waals surface area (Å²) in [7, 11) is 0. The van der Waals surface area contributed by atoms with E-state index in [0.717, 1.165) is 44.3 Å². The van der Waals surface area contributed by atoms with E-state index in [-0.39, 0.29) is 11.7 Å². The summed E-state index contributed by atoms with van der Waals surface area (Å²) < 4.78 is 12.1. The Morgan fingerprint density at radius 2 is 2.04 bits per heavy atom. The van der Waals surface area contributed by atoms with E-state index in [1.165, 1.54) is 12.8 Å². The lowest BCUT2D eigenvalue weighted by molar-refractivity contribution is -0.136. The van der Waals surface area contributed by atoms with Gasteiger partial charge < -0.3 is 14.4 Å². The van der Waals surface area contributed by atoms with E-state index in [1.807, 2.05) is 17.0 Å². The number of likely N-dealkylation sites (tertiary alicyclic amines) is 1. The van der Waals surface area contributed by atoms with Crippen LogP contribution >= 0.6 is 0 Å². The SMILES string of the molecule is O=C(CC1CC1)N1CCC2(CC1)C[C@@H](OCc1ccncc1)CO2. The van der Waals surface area contributed by atoms with Gasteiger partial charge in [0, 0.05) is 38.3 Å². The van der Waals surface area contributed by atoms with Gasteiger partial charge in [0.25, 0.3) is 0 Å². The summed E-state index contributed by atoms with van der Waals surface area (Å²) in [5.41, 5.74) is 1.07. The first-order chi connectivity index (χ1) is 11.7. The van der Waals surface area contributed by atoms with Crippen molar-refractivity contribution in [3.63, 3.8) is 0 Å². The molecular weight excluding hydrogens is 304 g/mol. The van der Waals surface area contributed by atoms with E-state index in [9.17, 15) is 4.79 Å². The first-order valence-electron chi connectivity index (χ1n) is 9.15. The number of nitrogens with zero attached hydrogens (tertiary/aromatic N) is 2. The van der Waals surface area contributed by atoms with Crippen LogP contribution in [0.1, 0.15) is 44.1 Å². The Morgan fingerprint density at radius 3 is 2.75 bits per heavy atom. The van der Waals surface area contributed by atoms with Crippen molar-refractivity contribution >= 4 is 5.91 Å². The summed E-state index contributed by atoms with van der Waals surface area (Å²) >= 11 is 0. The van der Waals surface area contributed by atoms with Gasteiger partial charge in [-0.2, -0.15) is 0 Å². The van der Waals surface area contributed by atoms with Crippen molar-refractivity contribution in [2.45, 2.75) is 56.8 Å². The molecule has 24 heavy (non-hydrogen) atoms. The van der Waals surface area contributed by atoms with Gasteiger partial charge in [0.15, 0.2) is 0 Å².